The predicted octanol–water partition coefficient (Wildman–Crippen LogP) is 23.9. The lowest BCUT2D eigenvalue weighted by Gasteiger charge is -2.30. The largest absolute Gasteiger partial charge is 0.355 e. The smallest absolute Gasteiger partial charge is 0.0469 e. The third kappa shape index (κ3) is 9.76. The first kappa shape index (κ1) is 53.7. The molecule has 14 aromatic carbocycles. The normalized spacial score (nSPS) is 11.5. The first-order chi connectivity index (χ1) is 45.6. The minimum absolute atomic E-state index is 1.02. The van der Waals surface area contributed by atoms with Crippen molar-refractivity contribution in [3.8, 4) is 0 Å². The quantitative estimate of drug-likeness (QED) is 0.0955. The summed E-state index contributed by atoms with van der Waals surface area (Å²) in [7, 11) is 0. The Balaban J connectivity index is 0.785. The van der Waals surface area contributed by atoms with E-state index in [1.54, 1.807) is 0 Å². The molecule has 3 heterocycles. The fourth-order valence-electron chi connectivity index (χ4n) is 13.5. The fourth-order valence-corrected chi connectivity index (χ4v) is 13.5. The molecule has 0 aliphatic heterocycles. The topological polar surface area (TPSA) is 63.6 Å². The van der Waals surface area contributed by atoms with Gasteiger partial charge < -0.3 is 39.5 Å². The monoisotopic (exact) mass is 1180 g/mol. The van der Waals surface area contributed by atoms with Crippen LogP contribution in [0.25, 0.3) is 65.4 Å². The molecule has 0 bridgehead atoms. The number of H-pyrrole nitrogens is 3. The third-order valence-corrected chi connectivity index (χ3v) is 17.8. The number of rotatable bonds is 15. The summed E-state index contributed by atoms with van der Waals surface area (Å²) in [5.74, 6) is 0. The van der Waals surface area contributed by atoms with Crippen LogP contribution in [0.15, 0.2) is 346 Å². The van der Waals surface area contributed by atoms with E-state index in [-0.39, 0.29) is 0 Å². The number of benzene rings is 14. The van der Waals surface area contributed by atoms with Crippen molar-refractivity contribution >= 4 is 151 Å². The molecule has 0 spiro atoms. The molecule has 436 valence electrons. The van der Waals surface area contributed by atoms with Crippen LogP contribution in [0.5, 0.6) is 0 Å². The van der Waals surface area contributed by atoms with E-state index in [0.29, 0.717) is 0 Å². The van der Waals surface area contributed by atoms with Crippen molar-refractivity contribution < 1.29 is 0 Å². The Hall–Kier alpha value is -12.5. The molecule has 0 aliphatic rings. The van der Waals surface area contributed by atoms with E-state index in [1.807, 2.05) is 0 Å². The van der Waals surface area contributed by atoms with Crippen molar-refractivity contribution in [2.75, 3.05) is 24.5 Å². The van der Waals surface area contributed by atoms with Gasteiger partial charge in [-0.05, 0) is 218 Å². The zero-order valence-corrected chi connectivity index (χ0v) is 50.1. The van der Waals surface area contributed by atoms with E-state index in [9.17, 15) is 0 Å². The summed E-state index contributed by atoms with van der Waals surface area (Å²) < 4.78 is 0. The van der Waals surface area contributed by atoms with Gasteiger partial charge in [0.15, 0.2) is 0 Å². The molecule has 0 radical (unpaired) electrons. The van der Waals surface area contributed by atoms with Gasteiger partial charge in [-0.25, -0.2) is 0 Å². The lowest BCUT2D eigenvalue weighted by Crippen LogP contribution is -2.14. The minimum atomic E-state index is 1.02. The molecule has 92 heavy (non-hydrogen) atoms. The molecule has 17 rings (SSSR count). The van der Waals surface area contributed by atoms with Gasteiger partial charge in [0.2, 0.25) is 0 Å². The van der Waals surface area contributed by atoms with Gasteiger partial charge in [0.05, 0.1) is 0 Å². The summed E-state index contributed by atoms with van der Waals surface area (Å²) in [5, 5.41) is 7.07. The minimum Gasteiger partial charge on any atom is -0.355 e. The molecule has 0 saturated heterocycles. The molecule has 3 N–H and O–H groups in total. The van der Waals surface area contributed by atoms with Gasteiger partial charge in [0.1, 0.15) is 0 Å². The second-order valence-electron chi connectivity index (χ2n) is 23.3. The molecule has 0 atom stereocenters. The van der Waals surface area contributed by atoms with E-state index < -0.39 is 0 Å². The highest BCUT2D eigenvalue weighted by molar-refractivity contribution is 6.11. The average molecular weight is 1180 g/mol. The van der Waals surface area contributed by atoms with Gasteiger partial charge in [0, 0.05) is 151 Å². The Morgan fingerprint density at radius 2 is 0.293 bits per heavy atom. The summed E-state index contributed by atoms with van der Waals surface area (Å²) >= 11 is 0. The number of hydrogen-bond acceptors (Lipinski definition) is 5. The third-order valence-electron chi connectivity index (χ3n) is 17.8. The van der Waals surface area contributed by atoms with Gasteiger partial charge in [0.25, 0.3) is 0 Å². The summed E-state index contributed by atoms with van der Waals surface area (Å²) in [4.78, 5) is 22.7. The average Bonchev–Trinajstić information content (AvgIpc) is 1.73. The fraction of sp³-hybridized carbons (Fsp3) is 0. The van der Waals surface area contributed by atoms with E-state index in [1.165, 1.54) is 26.9 Å². The molecule has 0 amide bonds. The molecular formula is C84H60N8. The Morgan fingerprint density at radius 3 is 0.522 bits per heavy atom. The highest BCUT2D eigenvalue weighted by atomic mass is 15.2. The van der Waals surface area contributed by atoms with Crippen LogP contribution in [0.1, 0.15) is 0 Å². The first-order valence-corrected chi connectivity index (χ1v) is 31.2. The number of fused-ring (bicyclic) bond motifs is 9. The molecule has 0 saturated carbocycles. The number of aromatic nitrogens is 3. The van der Waals surface area contributed by atoms with Crippen molar-refractivity contribution in [2.24, 2.45) is 0 Å². The molecule has 8 heteroatoms. The van der Waals surface area contributed by atoms with Crippen LogP contribution in [0.4, 0.5) is 85.3 Å². The molecule has 17 aromatic rings. The Bertz CT molecular complexity index is 5090. The van der Waals surface area contributed by atoms with E-state index in [4.69, 9.17) is 0 Å². The van der Waals surface area contributed by atoms with Crippen molar-refractivity contribution in [3.05, 3.63) is 346 Å². The lowest BCUT2D eigenvalue weighted by molar-refractivity contribution is 1.24. The van der Waals surface area contributed by atoms with Gasteiger partial charge in [-0.1, -0.05) is 127 Å². The highest BCUT2D eigenvalue weighted by Gasteiger charge is 2.23. The summed E-state index contributed by atoms with van der Waals surface area (Å²) in [6, 6.07) is 124. The number of nitrogens with zero attached hydrogens (tertiary/aromatic N) is 5. The van der Waals surface area contributed by atoms with Crippen LogP contribution >= 0.6 is 0 Å². The summed E-state index contributed by atoms with van der Waals surface area (Å²) in [5.41, 5.74) is 22.4. The van der Waals surface area contributed by atoms with Crippen molar-refractivity contribution in [3.63, 3.8) is 0 Å². The predicted molar refractivity (Wildman–Crippen MR) is 388 cm³/mol. The van der Waals surface area contributed by atoms with Crippen molar-refractivity contribution in [1.29, 1.82) is 0 Å². The number of hydrogen-bond donors (Lipinski definition) is 3. The van der Waals surface area contributed by atoms with Crippen molar-refractivity contribution in [1.82, 2.24) is 15.0 Å². The standard InChI is InChI=1S/C84H60N8/c1-5-19-58(20-6-1)88(59-21-7-2-8-22-59)62-33-37-64(38-34-62)90(70-49-52-82-76(55-70)73-27-13-16-30-79(73)85-82)66-41-45-68(46-42-66)92(72-51-54-84-78(57-72)75-29-15-18-32-81(75)87-84)69-47-43-67(44-48-69)91(71-50-53-83-77(56-71)74-28-14-17-31-80(74)86-83)65-39-35-63(36-40-65)89(60-23-9-3-10-24-60)61-25-11-4-12-26-61/h1-57,85-87H. The molecule has 0 aliphatic carbocycles. The van der Waals surface area contributed by atoms with Gasteiger partial charge >= 0.3 is 0 Å². The molecular weight excluding hydrogens is 1120 g/mol. The Labute approximate surface area is 533 Å². The van der Waals surface area contributed by atoms with Crippen LogP contribution in [0, 0.1) is 0 Å². The second-order valence-corrected chi connectivity index (χ2v) is 23.3. The van der Waals surface area contributed by atoms with Crippen LogP contribution in [-0.4, -0.2) is 15.0 Å². The van der Waals surface area contributed by atoms with Gasteiger partial charge in [-0.3, -0.25) is 0 Å². The maximum Gasteiger partial charge on any atom is 0.0469 e. The maximum atomic E-state index is 3.68. The highest BCUT2D eigenvalue weighted by Crippen LogP contribution is 2.46. The number of nitrogens with one attached hydrogen (secondary N) is 3. The molecule has 3 aromatic heterocycles. The SMILES string of the molecule is c1ccc(N(c2ccccc2)c2ccc(N(c3ccc(N(c4ccc(N(c5ccc(N(c6ccccc6)c6ccccc6)cc5)c5ccc6[nH]c7ccccc7c6c5)cc4)c4ccc5[nH]c6ccccc6c5c4)cc3)c3ccc4[nH]c5ccccc5c4c3)cc2)cc1. The number of anilines is 15. The zero-order chi connectivity index (χ0) is 60.9. The summed E-state index contributed by atoms with van der Waals surface area (Å²) in [6.07, 6.45) is 0. The van der Waals surface area contributed by atoms with Crippen LogP contribution in [0.2, 0.25) is 0 Å². The Kier molecular flexibility index (Phi) is 13.4. The van der Waals surface area contributed by atoms with Crippen molar-refractivity contribution in [2.45, 2.75) is 0 Å². The van der Waals surface area contributed by atoms with Crippen LogP contribution in [-0.2, 0) is 0 Å². The molecule has 0 fully saturated rings. The van der Waals surface area contributed by atoms with E-state index in [2.05, 4.69) is 385 Å². The van der Waals surface area contributed by atoms with Gasteiger partial charge in [-0.2, -0.15) is 0 Å². The lowest BCUT2D eigenvalue weighted by atomic mass is 10.1. The molecule has 8 nitrogen and oxygen atoms in total. The molecule has 0 unspecified atom stereocenters. The van der Waals surface area contributed by atoms with Crippen LogP contribution < -0.4 is 24.5 Å². The second kappa shape index (κ2) is 22.9. The number of aromatic amines is 3. The maximum absolute atomic E-state index is 3.68. The Morgan fingerprint density at radius 1 is 0.130 bits per heavy atom. The van der Waals surface area contributed by atoms with E-state index >= 15 is 0 Å². The van der Waals surface area contributed by atoms with Crippen LogP contribution in [0.3, 0.4) is 0 Å². The number of para-hydroxylation sites is 7. The zero-order valence-electron chi connectivity index (χ0n) is 50.1. The summed E-state index contributed by atoms with van der Waals surface area (Å²) in [6.45, 7) is 0. The van der Waals surface area contributed by atoms with Gasteiger partial charge in [-0.15, -0.1) is 0 Å². The first-order valence-electron chi connectivity index (χ1n) is 31.2. The van der Waals surface area contributed by atoms with E-state index in [0.717, 1.165) is 124 Å².